The minimum Gasteiger partial charge on any atom is -0.0776 e. The lowest BCUT2D eigenvalue weighted by atomic mass is 9.69. The summed E-state index contributed by atoms with van der Waals surface area (Å²) in [6.45, 7) is 41.7. The molecule has 8 rings (SSSR count). The fraction of sp³-hybridized carbons (Fsp3) is 1.00. The largest absolute Gasteiger partial charge is 0.0776 e. The first-order valence-corrected chi connectivity index (χ1v) is 29.6. The Bertz CT molecular complexity index is 931. The van der Waals surface area contributed by atoms with Crippen LogP contribution >= 0.6 is 0 Å². The van der Waals surface area contributed by atoms with Crippen molar-refractivity contribution >= 4 is 0 Å². The molecule has 444 valence electrons. The van der Waals surface area contributed by atoms with E-state index in [2.05, 4.69) is 125 Å². The molecule has 0 aromatic carbocycles. The molecule has 71 heavy (non-hydrogen) atoms. The molecule has 0 heterocycles. The van der Waals surface area contributed by atoms with Crippen LogP contribution in [0.3, 0.4) is 0 Å². The van der Waals surface area contributed by atoms with E-state index in [1.165, 1.54) is 205 Å². The highest BCUT2D eigenvalue weighted by Gasteiger charge is 2.29. The number of hydrogen-bond acceptors (Lipinski definition) is 0. The zero-order valence-corrected chi connectivity index (χ0v) is 47.9. The Kier molecular flexibility index (Phi) is 66.4. The molecule has 0 radical (unpaired) electrons. The average molecular weight is 1010 g/mol. The summed E-state index contributed by atoms with van der Waals surface area (Å²) in [6, 6.07) is 0. The predicted molar refractivity (Wildman–Crippen MR) is 346 cm³/mol. The molecule has 0 aliphatic heterocycles. The van der Waals surface area contributed by atoms with Crippen LogP contribution in [-0.4, -0.2) is 0 Å². The fourth-order valence-electron chi connectivity index (χ4n) is 10.3. The van der Waals surface area contributed by atoms with Gasteiger partial charge in [-0.3, -0.25) is 0 Å². The number of rotatable bonds is 5. The second kappa shape index (κ2) is 52.1. The Labute approximate surface area is 462 Å². The normalized spacial score (nSPS) is 24.2. The molecule has 0 aromatic heterocycles. The molecular formula is C71H160. The van der Waals surface area contributed by atoms with E-state index in [4.69, 9.17) is 0 Å². The van der Waals surface area contributed by atoms with E-state index in [0.29, 0.717) is 10.8 Å². The summed E-state index contributed by atoms with van der Waals surface area (Å²) in [4.78, 5) is 0. The van der Waals surface area contributed by atoms with Crippen LogP contribution in [0.4, 0.5) is 0 Å². The van der Waals surface area contributed by atoms with Crippen molar-refractivity contribution in [1.82, 2.24) is 0 Å². The molecule has 0 N–H and O–H groups in total. The Morgan fingerprint density at radius 3 is 0.915 bits per heavy atom. The van der Waals surface area contributed by atoms with Gasteiger partial charge < -0.3 is 0 Å². The quantitative estimate of drug-likeness (QED) is 0.257. The lowest BCUT2D eigenvalue weighted by molar-refractivity contribution is 0.155. The Morgan fingerprint density at radius 2 is 0.803 bits per heavy atom. The summed E-state index contributed by atoms with van der Waals surface area (Å²) >= 11 is 0. The average Bonchev–Trinajstić information content (AvgIpc) is 4.01. The molecule has 0 amide bonds. The van der Waals surface area contributed by atoms with Crippen molar-refractivity contribution in [1.29, 1.82) is 0 Å². The summed E-state index contributed by atoms with van der Waals surface area (Å²) in [5, 5.41) is 0. The van der Waals surface area contributed by atoms with Crippen molar-refractivity contribution in [3.05, 3.63) is 0 Å². The summed E-state index contributed by atoms with van der Waals surface area (Å²) in [5.41, 5.74) is 1.96. The first kappa shape index (κ1) is 90.5. The van der Waals surface area contributed by atoms with Crippen LogP contribution in [0, 0.1) is 75.4 Å². The van der Waals surface area contributed by atoms with Crippen LogP contribution in [0.1, 0.15) is 390 Å². The van der Waals surface area contributed by atoms with Crippen molar-refractivity contribution in [2.75, 3.05) is 0 Å². The summed E-state index contributed by atoms with van der Waals surface area (Å²) in [6.07, 6.45) is 47.3. The Balaban J connectivity index is -0.0000000858. The van der Waals surface area contributed by atoms with Crippen molar-refractivity contribution < 1.29 is 0 Å². The smallest absolute Gasteiger partial charge is 0.0328 e. The van der Waals surface area contributed by atoms with Crippen molar-refractivity contribution in [2.24, 2.45) is 75.4 Å². The molecule has 8 saturated carbocycles. The van der Waals surface area contributed by atoms with E-state index in [9.17, 15) is 0 Å². The Morgan fingerprint density at radius 1 is 0.423 bits per heavy atom. The molecule has 8 aliphatic rings. The highest BCUT2D eigenvalue weighted by Crippen LogP contribution is 2.43. The van der Waals surface area contributed by atoms with E-state index >= 15 is 0 Å². The highest BCUT2D eigenvalue weighted by molar-refractivity contribution is 4.81. The third-order valence-corrected chi connectivity index (χ3v) is 18.3. The van der Waals surface area contributed by atoms with Gasteiger partial charge in [-0.15, -0.1) is 0 Å². The first-order valence-electron chi connectivity index (χ1n) is 29.6. The molecule has 4 atom stereocenters. The minimum atomic E-state index is 0. The van der Waals surface area contributed by atoms with Gasteiger partial charge in [-0.05, 0) is 108 Å². The van der Waals surface area contributed by atoms with Crippen molar-refractivity contribution in [3.8, 4) is 0 Å². The predicted octanol–water partition coefficient (Wildman–Crippen LogP) is 28.0. The van der Waals surface area contributed by atoms with Crippen LogP contribution < -0.4 is 0 Å². The van der Waals surface area contributed by atoms with Gasteiger partial charge in [-0.1, -0.05) is 357 Å². The van der Waals surface area contributed by atoms with Crippen LogP contribution in [0.5, 0.6) is 0 Å². The van der Waals surface area contributed by atoms with Gasteiger partial charge >= 0.3 is 0 Å². The van der Waals surface area contributed by atoms with Gasteiger partial charge in [0.05, 0.1) is 0 Å². The molecule has 2 unspecified atom stereocenters. The monoisotopic (exact) mass is 1010 g/mol. The van der Waals surface area contributed by atoms with Gasteiger partial charge in [0.2, 0.25) is 0 Å². The SMILES string of the molecule is C.C.C.C.C.C.C.C.CC(C)C(C)(C)C.CC(C)C1CCC1.CC1(C)CCCC1.CC1CCCCC1.CC1CCC[C@H]1C.CC1CC[C@@H](C)C1.CCC1(C)CCC1.CCC1CCCC1.CCCC1CCC1. The van der Waals surface area contributed by atoms with E-state index in [-0.39, 0.29) is 59.4 Å². The maximum atomic E-state index is 2.39. The maximum absolute atomic E-state index is 2.39. The van der Waals surface area contributed by atoms with E-state index < -0.39 is 0 Å². The molecule has 0 aromatic rings. The summed E-state index contributed by atoms with van der Waals surface area (Å²) in [7, 11) is 0. The van der Waals surface area contributed by atoms with Gasteiger partial charge in [0.15, 0.2) is 0 Å². The molecule has 0 nitrogen and oxygen atoms in total. The molecule has 0 bridgehead atoms. The maximum Gasteiger partial charge on any atom is -0.0328 e. The molecule has 8 aliphatic carbocycles. The zero-order chi connectivity index (χ0) is 47.9. The van der Waals surface area contributed by atoms with E-state index in [1.807, 2.05) is 0 Å². The third-order valence-electron chi connectivity index (χ3n) is 18.3. The first-order chi connectivity index (χ1) is 29.6. The molecule has 0 spiro atoms. The standard InChI is InChI=1S/8C7H14.C7H16.8CH4/c1-6-3-4-7(2)5-6;1-7(2)5-3-4-6-7;1-6-4-3-5-7(6)2;1-6(2)7-4-3-5-7;1-7-5-3-2-4-6-7;1-3-7(2)5-4-6-7;1-2-7-5-3-4-6-7;1-2-4-7-5-3-6-7;1-6(2)7(3,4)5;;;;;;;;/h6-7H,3-5H2,1-2H3;3-6H2,1-2H3;2*6-7H,3-5H2,1-2H3;7H,2-6H2,1H3;3-6H2,1-2H3;2*7H,2-6H2,1H3;6H,1-5H3;8*1H4/t6-,7?;;6-,7?;;;;;;;;;;;;;;/m1.1............../s1. The van der Waals surface area contributed by atoms with Gasteiger partial charge in [0.25, 0.3) is 0 Å². The summed E-state index contributed by atoms with van der Waals surface area (Å²) in [5.74, 6) is 10.2. The zero-order valence-electron chi connectivity index (χ0n) is 47.9. The highest BCUT2D eigenvalue weighted by atomic mass is 14.3. The number of hydrogen-bond donors (Lipinski definition) is 0. The molecule has 8 fully saturated rings. The van der Waals surface area contributed by atoms with E-state index in [0.717, 1.165) is 64.6 Å². The van der Waals surface area contributed by atoms with Crippen LogP contribution in [0.25, 0.3) is 0 Å². The van der Waals surface area contributed by atoms with Crippen LogP contribution in [0.2, 0.25) is 0 Å². The second-order valence-electron chi connectivity index (χ2n) is 26.6. The van der Waals surface area contributed by atoms with Gasteiger partial charge in [-0.2, -0.15) is 0 Å². The topological polar surface area (TPSA) is 0 Å². The van der Waals surface area contributed by atoms with Gasteiger partial charge in [-0.25, -0.2) is 0 Å². The molecule has 0 saturated heterocycles. The van der Waals surface area contributed by atoms with Gasteiger partial charge in [0.1, 0.15) is 0 Å². The lowest BCUT2D eigenvalue weighted by Gasteiger charge is -2.37. The molecule has 0 heteroatoms. The van der Waals surface area contributed by atoms with Crippen molar-refractivity contribution in [3.63, 3.8) is 0 Å². The Hall–Kier alpha value is 0. The van der Waals surface area contributed by atoms with Crippen LogP contribution in [0.15, 0.2) is 0 Å². The molecular weight excluding hydrogens is 853 g/mol. The van der Waals surface area contributed by atoms with Crippen LogP contribution in [-0.2, 0) is 0 Å². The fourth-order valence-corrected chi connectivity index (χ4v) is 10.3. The van der Waals surface area contributed by atoms with E-state index in [1.54, 1.807) is 0 Å². The third kappa shape index (κ3) is 49.3. The van der Waals surface area contributed by atoms with Crippen molar-refractivity contribution in [2.45, 2.75) is 390 Å². The summed E-state index contributed by atoms with van der Waals surface area (Å²) < 4.78 is 0. The minimum absolute atomic E-state index is 0. The lowest BCUT2D eigenvalue weighted by Crippen LogP contribution is -2.23. The van der Waals surface area contributed by atoms with Gasteiger partial charge in [0, 0.05) is 0 Å². The second-order valence-corrected chi connectivity index (χ2v) is 26.6.